The summed E-state index contributed by atoms with van der Waals surface area (Å²) in [7, 11) is 0. The average molecular weight is 272 g/mol. The van der Waals surface area contributed by atoms with Crippen LogP contribution in [0.25, 0.3) is 0 Å². The third kappa shape index (κ3) is 2.54. The monoisotopic (exact) mass is 271 g/mol. The summed E-state index contributed by atoms with van der Waals surface area (Å²) >= 11 is 11.9. The predicted octanol–water partition coefficient (Wildman–Crippen LogP) is 2.51. The molecular weight excluding hydrogens is 261 g/mol. The van der Waals surface area contributed by atoms with Gasteiger partial charge in [0.25, 0.3) is 0 Å². The Hall–Kier alpha value is -1.23. The third-order valence-electron chi connectivity index (χ3n) is 2.46. The van der Waals surface area contributed by atoms with Crippen LogP contribution >= 0.6 is 23.2 Å². The molecule has 17 heavy (non-hydrogen) atoms. The van der Waals surface area contributed by atoms with E-state index in [1.165, 1.54) is 0 Å². The zero-order valence-electron chi connectivity index (χ0n) is 8.85. The first kappa shape index (κ1) is 12.2. The van der Waals surface area contributed by atoms with Gasteiger partial charge in [-0.3, -0.25) is 0 Å². The van der Waals surface area contributed by atoms with E-state index in [1.54, 1.807) is 35.2 Å². The SMILES string of the molecule is Nc1nccn1CC(O)c1cccc(Cl)c1Cl. The zero-order chi connectivity index (χ0) is 12.4. The molecule has 0 aliphatic carbocycles. The molecule has 4 nitrogen and oxygen atoms in total. The number of aliphatic hydroxyl groups excluding tert-OH is 1. The molecular formula is C11H11Cl2N3O. The average Bonchev–Trinajstić information content (AvgIpc) is 2.68. The molecule has 1 unspecified atom stereocenters. The Morgan fingerprint density at radius 1 is 1.41 bits per heavy atom. The number of aromatic nitrogens is 2. The second-order valence-corrected chi connectivity index (χ2v) is 4.38. The van der Waals surface area contributed by atoms with Crippen molar-refractivity contribution < 1.29 is 5.11 Å². The second kappa shape index (κ2) is 4.96. The van der Waals surface area contributed by atoms with Gasteiger partial charge in [-0.2, -0.15) is 0 Å². The quantitative estimate of drug-likeness (QED) is 0.902. The minimum absolute atomic E-state index is 0.284. The van der Waals surface area contributed by atoms with Crippen LogP contribution < -0.4 is 5.73 Å². The van der Waals surface area contributed by atoms with E-state index in [0.717, 1.165) is 0 Å². The highest BCUT2D eigenvalue weighted by atomic mass is 35.5. The van der Waals surface area contributed by atoms with E-state index in [9.17, 15) is 5.11 Å². The molecule has 0 bridgehead atoms. The van der Waals surface area contributed by atoms with E-state index >= 15 is 0 Å². The number of nitrogens with two attached hydrogens (primary N) is 1. The number of nitrogen functional groups attached to an aromatic ring is 1. The normalized spacial score (nSPS) is 12.6. The highest BCUT2D eigenvalue weighted by molar-refractivity contribution is 6.42. The number of benzene rings is 1. The van der Waals surface area contributed by atoms with Gasteiger partial charge in [-0.15, -0.1) is 0 Å². The number of hydrogen-bond acceptors (Lipinski definition) is 3. The third-order valence-corrected chi connectivity index (χ3v) is 3.29. The molecule has 0 aliphatic rings. The van der Waals surface area contributed by atoms with Crippen LogP contribution in [-0.2, 0) is 6.54 Å². The number of aliphatic hydroxyl groups is 1. The highest BCUT2D eigenvalue weighted by Gasteiger charge is 2.14. The smallest absolute Gasteiger partial charge is 0.200 e. The molecule has 1 heterocycles. The number of hydrogen-bond donors (Lipinski definition) is 2. The van der Waals surface area contributed by atoms with Crippen LogP contribution in [0.3, 0.4) is 0 Å². The highest BCUT2D eigenvalue weighted by Crippen LogP contribution is 2.30. The Bertz CT molecular complexity index is 527. The van der Waals surface area contributed by atoms with Crippen molar-refractivity contribution >= 4 is 29.2 Å². The largest absolute Gasteiger partial charge is 0.386 e. The molecule has 1 aromatic carbocycles. The first-order chi connectivity index (χ1) is 8.09. The Kier molecular flexibility index (Phi) is 3.57. The molecule has 2 aromatic rings. The maximum Gasteiger partial charge on any atom is 0.200 e. The summed E-state index contributed by atoms with van der Waals surface area (Å²) in [6.45, 7) is 0.284. The molecule has 6 heteroatoms. The van der Waals surface area contributed by atoms with Gasteiger partial charge in [0.1, 0.15) is 0 Å². The van der Waals surface area contributed by atoms with Crippen LogP contribution in [-0.4, -0.2) is 14.7 Å². The molecule has 0 saturated heterocycles. The van der Waals surface area contributed by atoms with E-state index in [0.29, 0.717) is 21.6 Å². The van der Waals surface area contributed by atoms with Gasteiger partial charge < -0.3 is 15.4 Å². The van der Waals surface area contributed by atoms with Crippen LogP contribution in [0.1, 0.15) is 11.7 Å². The lowest BCUT2D eigenvalue weighted by Crippen LogP contribution is -2.11. The van der Waals surface area contributed by atoms with E-state index in [1.807, 2.05) is 0 Å². The van der Waals surface area contributed by atoms with E-state index in [2.05, 4.69) is 4.98 Å². The Morgan fingerprint density at radius 2 is 2.18 bits per heavy atom. The van der Waals surface area contributed by atoms with Crippen LogP contribution in [0.5, 0.6) is 0 Å². The van der Waals surface area contributed by atoms with Crippen molar-refractivity contribution in [3.8, 4) is 0 Å². The van der Waals surface area contributed by atoms with Crippen LogP contribution in [0.2, 0.25) is 10.0 Å². The van der Waals surface area contributed by atoms with Gasteiger partial charge in [-0.1, -0.05) is 35.3 Å². The summed E-state index contributed by atoms with van der Waals surface area (Å²) in [6, 6.07) is 5.14. The Labute approximate surface area is 109 Å². The fourth-order valence-electron chi connectivity index (χ4n) is 1.56. The number of anilines is 1. The predicted molar refractivity (Wildman–Crippen MR) is 68.1 cm³/mol. The molecule has 1 atom stereocenters. The lowest BCUT2D eigenvalue weighted by Gasteiger charge is -2.14. The zero-order valence-corrected chi connectivity index (χ0v) is 10.4. The summed E-state index contributed by atoms with van der Waals surface area (Å²) < 4.78 is 1.64. The second-order valence-electron chi connectivity index (χ2n) is 3.60. The minimum Gasteiger partial charge on any atom is -0.386 e. The number of imidazole rings is 1. The maximum absolute atomic E-state index is 10.1. The van der Waals surface area contributed by atoms with Crippen molar-refractivity contribution in [3.63, 3.8) is 0 Å². The van der Waals surface area contributed by atoms with Crippen molar-refractivity contribution in [2.24, 2.45) is 0 Å². The number of rotatable bonds is 3. The molecule has 2 rings (SSSR count). The van der Waals surface area contributed by atoms with Gasteiger partial charge in [-0.25, -0.2) is 4.98 Å². The minimum atomic E-state index is -0.780. The van der Waals surface area contributed by atoms with Gasteiger partial charge >= 0.3 is 0 Å². The fraction of sp³-hybridized carbons (Fsp3) is 0.182. The van der Waals surface area contributed by atoms with Gasteiger partial charge in [0.15, 0.2) is 5.95 Å². The van der Waals surface area contributed by atoms with Gasteiger partial charge in [-0.05, 0) is 6.07 Å². The van der Waals surface area contributed by atoms with Crippen molar-refractivity contribution in [2.75, 3.05) is 5.73 Å². The lowest BCUT2D eigenvalue weighted by atomic mass is 10.1. The van der Waals surface area contributed by atoms with Gasteiger partial charge in [0.2, 0.25) is 0 Å². The van der Waals surface area contributed by atoms with Crippen molar-refractivity contribution in [1.29, 1.82) is 0 Å². The Morgan fingerprint density at radius 3 is 2.82 bits per heavy atom. The van der Waals surface area contributed by atoms with Crippen LogP contribution in [0.4, 0.5) is 5.95 Å². The summed E-state index contributed by atoms with van der Waals surface area (Å²) in [6.07, 6.45) is 2.48. The first-order valence-electron chi connectivity index (χ1n) is 4.98. The van der Waals surface area contributed by atoms with Crippen molar-refractivity contribution in [2.45, 2.75) is 12.6 Å². The topological polar surface area (TPSA) is 64.1 Å². The lowest BCUT2D eigenvalue weighted by molar-refractivity contribution is 0.157. The van der Waals surface area contributed by atoms with Crippen molar-refractivity contribution in [1.82, 2.24) is 9.55 Å². The number of halogens is 2. The fourth-order valence-corrected chi connectivity index (χ4v) is 1.99. The maximum atomic E-state index is 10.1. The molecule has 1 aromatic heterocycles. The van der Waals surface area contributed by atoms with E-state index < -0.39 is 6.10 Å². The van der Waals surface area contributed by atoms with Gasteiger partial charge in [0, 0.05) is 18.0 Å². The summed E-state index contributed by atoms with van der Waals surface area (Å²) in [5.41, 5.74) is 6.19. The standard InChI is InChI=1S/C11H11Cl2N3O/c12-8-3-1-2-7(10(8)13)9(17)6-16-5-4-15-11(16)14/h1-5,9,17H,6H2,(H2,14,15). The summed E-state index contributed by atoms with van der Waals surface area (Å²) in [5, 5.41) is 10.9. The first-order valence-corrected chi connectivity index (χ1v) is 5.73. The molecule has 3 N–H and O–H groups in total. The molecule has 0 aliphatic heterocycles. The van der Waals surface area contributed by atoms with Crippen LogP contribution in [0, 0.1) is 0 Å². The van der Waals surface area contributed by atoms with Gasteiger partial charge in [0.05, 0.1) is 22.7 Å². The molecule has 0 saturated carbocycles. The molecule has 0 spiro atoms. The van der Waals surface area contributed by atoms with Crippen LogP contribution in [0.15, 0.2) is 30.6 Å². The summed E-state index contributed by atoms with van der Waals surface area (Å²) in [4.78, 5) is 3.87. The summed E-state index contributed by atoms with van der Waals surface area (Å²) in [5.74, 6) is 0.349. The number of nitrogens with zero attached hydrogens (tertiary/aromatic N) is 2. The molecule has 0 amide bonds. The van der Waals surface area contributed by atoms with E-state index in [4.69, 9.17) is 28.9 Å². The Balaban J connectivity index is 2.23. The molecule has 0 radical (unpaired) electrons. The van der Waals surface area contributed by atoms with E-state index in [-0.39, 0.29) is 6.54 Å². The molecule has 0 fully saturated rings. The van der Waals surface area contributed by atoms with Crippen molar-refractivity contribution in [3.05, 3.63) is 46.2 Å². The molecule has 90 valence electrons.